The molecular weight excluding hydrogens is 250 g/mol. The lowest BCUT2D eigenvalue weighted by molar-refractivity contribution is -0.136. The highest BCUT2D eigenvalue weighted by Gasteiger charge is 2.20. The standard InChI is InChI=1S/C17H25NO2/c19-17(20)13-14-18(16-11-7-4-8-12-16)15-9-5-2-1-3-6-10-15/h4,7-8,11-12,15H,1-3,5-6,9-10,13-14H2,(H,19,20). The Hall–Kier alpha value is -1.51. The Labute approximate surface area is 121 Å². The first kappa shape index (κ1) is 14.9. The molecule has 0 aliphatic heterocycles. The van der Waals surface area contributed by atoms with E-state index in [0.717, 1.165) is 0 Å². The molecule has 1 aliphatic carbocycles. The molecule has 1 fully saturated rings. The van der Waals surface area contributed by atoms with Gasteiger partial charge in [0.25, 0.3) is 0 Å². The van der Waals surface area contributed by atoms with Gasteiger partial charge in [0.15, 0.2) is 0 Å². The number of carbonyl (C=O) groups is 1. The van der Waals surface area contributed by atoms with Crippen molar-refractivity contribution in [3.05, 3.63) is 30.3 Å². The summed E-state index contributed by atoms with van der Waals surface area (Å²) in [6.07, 6.45) is 9.11. The predicted octanol–water partition coefficient (Wildman–Crippen LogP) is 4.08. The quantitative estimate of drug-likeness (QED) is 0.880. The third-order valence-corrected chi connectivity index (χ3v) is 4.17. The van der Waals surface area contributed by atoms with E-state index in [2.05, 4.69) is 17.0 Å². The molecule has 1 saturated carbocycles. The Kier molecular flexibility index (Phi) is 5.90. The lowest BCUT2D eigenvalue weighted by Gasteiger charge is -2.34. The minimum atomic E-state index is -0.711. The molecule has 20 heavy (non-hydrogen) atoms. The summed E-state index contributed by atoms with van der Waals surface area (Å²) in [5.74, 6) is -0.711. The highest BCUT2D eigenvalue weighted by molar-refractivity contribution is 5.67. The van der Waals surface area contributed by atoms with Gasteiger partial charge >= 0.3 is 5.97 Å². The number of aliphatic carboxylic acids is 1. The first-order valence-electron chi connectivity index (χ1n) is 7.81. The van der Waals surface area contributed by atoms with E-state index in [9.17, 15) is 4.79 Å². The van der Waals surface area contributed by atoms with Crippen molar-refractivity contribution in [3.8, 4) is 0 Å². The summed E-state index contributed by atoms with van der Waals surface area (Å²) in [7, 11) is 0. The molecule has 2 rings (SSSR count). The summed E-state index contributed by atoms with van der Waals surface area (Å²) in [6, 6.07) is 10.8. The molecule has 1 aromatic carbocycles. The minimum absolute atomic E-state index is 0.214. The molecule has 3 heteroatoms. The molecule has 0 amide bonds. The number of anilines is 1. The molecular formula is C17H25NO2. The third kappa shape index (κ3) is 4.55. The topological polar surface area (TPSA) is 40.5 Å². The van der Waals surface area contributed by atoms with Gasteiger partial charge in [0.05, 0.1) is 6.42 Å². The monoisotopic (exact) mass is 275 g/mol. The van der Waals surface area contributed by atoms with Gasteiger partial charge in [0, 0.05) is 18.3 Å². The molecule has 1 N–H and O–H groups in total. The lowest BCUT2D eigenvalue weighted by atomic mass is 9.95. The third-order valence-electron chi connectivity index (χ3n) is 4.17. The molecule has 0 aromatic heterocycles. The van der Waals surface area contributed by atoms with Gasteiger partial charge in [-0.25, -0.2) is 0 Å². The van der Waals surface area contributed by atoms with Crippen LogP contribution in [0, 0.1) is 0 Å². The van der Waals surface area contributed by atoms with Gasteiger partial charge in [-0.05, 0) is 25.0 Å². The van der Waals surface area contributed by atoms with Crippen LogP contribution >= 0.6 is 0 Å². The number of carboxylic acids is 1. The van der Waals surface area contributed by atoms with Crippen LogP contribution in [-0.2, 0) is 4.79 Å². The number of benzene rings is 1. The Morgan fingerprint density at radius 1 is 1.05 bits per heavy atom. The van der Waals surface area contributed by atoms with Crippen molar-refractivity contribution in [2.45, 2.75) is 57.4 Å². The molecule has 110 valence electrons. The molecule has 1 aromatic rings. The molecule has 0 heterocycles. The van der Waals surface area contributed by atoms with Crippen molar-refractivity contribution >= 4 is 11.7 Å². The Morgan fingerprint density at radius 2 is 1.65 bits per heavy atom. The van der Waals surface area contributed by atoms with Gasteiger partial charge in [-0.3, -0.25) is 4.79 Å². The molecule has 0 atom stereocenters. The summed E-state index contributed by atoms with van der Waals surface area (Å²) in [4.78, 5) is 13.2. The summed E-state index contributed by atoms with van der Waals surface area (Å²) < 4.78 is 0. The van der Waals surface area contributed by atoms with E-state index in [0.29, 0.717) is 12.6 Å². The van der Waals surface area contributed by atoms with Crippen molar-refractivity contribution in [2.24, 2.45) is 0 Å². The first-order chi connectivity index (χ1) is 9.77. The molecule has 0 spiro atoms. The number of carboxylic acid groups (broad SMARTS) is 1. The fourth-order valence-corrected chi connectivity index (χ4v) is 3.10. The van der Waals surface area contributed by atoms with Gasteiger partial charge in [0.1, 0.15) is 0 Å². The zero-order valence-electron chi connectivity index (χ0n) is 12.1. The van der Waals surface area contributed by atoms with Gasteiger partial charge in [-0.15, -0.1) is 0 Å². The van der Waals surface area contributed by atoms with Gasteiger partial charge in [0.2, 0.25) is 0 Å². The first-order valence-corrected chi connectivity index (χ1v) is 7.81. The van der Waals surface area contributed by atoms with Gasteiger partial charge in [-0.2, -0.15) is 0 Å². The second kappa shape index (κ2) is 7.93. The summed E-state index contributed by atoms with van der Waals surface area (Å²) in [5, 5.41) is 8.98. The van der Waals surface area contributed by atoms with Crippen LogP contribution in [0.1, 0.15) is 51.4 Å². The predicted molar refractivity (Wildman–Crippen MR) is 82.1 cm³/mol. The second-order valence-corrected chi connectivity index (χ2v) is 5.67. The van der Waals surface area contributed by atoms with Crippen LogP contribution in [-0.4, -0.2) is 23.7 Å². The van der Waals surface area contributed by atoms with Crippen molar-refractivity contribution in [2.75, 3.05) is 11.4 Å². The maximum absolute atomic E-state index is 10.9. The Bertz CT molecular complexity index is 397. The van der Waals surface area contributed by atoms with Crippen molar-refractivity contribution < 1.29 is 9.90 Å². The van der Waals surface area contributed by atoms with E-state index >= 15 is 0 Å². The molecule has 0 radical (unpaired) electrons. The average molecular weight is 275 g/mol. The van der Waals surface area contributed by atoms with Crippen LogP contribution in [0.2, 0.25) is 0 Å². The van der Waals surface area contributed by atoms with Crippen molar-refractivity contribution in [1.82, 2.24) is 0 Å². The Balaban J connectivity index is 2.09. The SMILES string of the molecule is O=C(O)CCN(c1ccccc1)C1CCCCCCC1. The number of nitrogens with zero attached hydrogens (tertiary/aromatic N) is 1. The number of rotatable bonds is 5. The molecule has 0 saturated heterocycles. The number of hydrogen-bond donors (Lipinski definition) is 1. The van der Waals surface area contributed by atoms with Crippen LogP contribution in [0.3, 0.4) is 0 Å². The molecule has 3 nitrogen and oxygen atoms in total. The minimum Gasteiger partial charge on any atom is -0.481 e. The van der Waals surface area contributed by atoms with E-state index in [-0.39, 0.29) is 6.42 Å². The highest BCUT2D eigenvalue weighted by Crippen LogP contribution is 2.26. The number of para-hydroxylation sites is 1. The summed E-state index contributed by atoms with van der Waals surface area (Å²) in [6.45, 7) is 0.615. The lowest BCUT2D eigenvalue weighted by Crippen LogP contribution is -2.37. The van der Waals surface area contributed by atoms with Crippen LogP contribution in [0.25, 0.3) is 0 Å². The molecule has 0 bridgehead atoms. The van der Waals surface area contributed by atoms with Crippen LogP contribution in [0.15, 0.2) is 30.3 Å². The van der Waals surface area contributed by atoms with Crippen LogP contribution in [0.4, 0.5) is 5.69 Å². The van der Waals surface area contributed by atoms with E-state index in [4.69, 9.17) is 5.11 Å². The van der Waals surface area contributed by atoms with Gasteiger partial charge in [-0.1, -0.05) is 50.3 Å². The normalized spacial score (nSPS) is 17.2. The van der Waals surface area contributed by atoms with Crippen molar-refractivity contribution in [1.29, 1.82) is 0 Å². The van der Waals surface area contributed by atoms with Crippen molar-refractivity contribution in [3.63, 3.8) is 0 Å². The van der Waals surface area contributed by atoms with E-state index in [1.807, 2.05) is 18.2 Å². The zero-order chi connectivity index (χ0) is 14.2. The highest BCUT2D eigenvalue weighted by atomic mass is 16.4. The summed E-state index contributed by atoms with van der Waals surface area (Å²) >= 11 is 0. The van der Waals surface area contributed by atoms with Crippen LogP contribution in [0.5, 0.6) is 0 Å². The van der Waals surface area contributed by atoms with Crippen LogP contribution < -0.4 is 4.90 Å². The largest absolute Gasteiger partial charge is 0.481 e. The second-order valence-electron chi connectivity index (χ2n) is 5.67. The van der Waals surface area contributed by atoms with E-state index in [1.54, 1.807) is 0 Å². The van der Waals surface area contributed by atoms with E-state index in [1.165, 1.54) is 50.6 Å². The maximum Gasteiger partial charge on any atom is 0.305 e. The van der Waals surface area contributed by atoms with E-state index < -0.39 is 5.97 Å². The smallest absolute Gasteiger partial charge is 0.305 e. The Morgan fingerprint density at radius 3 is 2.25 bits per heavy atom. The zero-order valence-corrected chi connectivity index (χ0v) is 12.1. The molecule has 0 unspecified atom stereocenters. The average Bonchev–Trinajstić information content (AvgIpc) is 2.41. The maximum atomic E-state index is 10.9. The molecule has 1 aliphatic rings. The fraction of sp³-hybridized carbons (Fsp3) is 0.588. The fourth-order valence-electron chi connectivity index (χ4n) is 3.10. The van der Waals surface area contributed by atoms with Gasteiger partial charge < -0.3 is 10.0 Å². The summed E-state index contributed by atoms with van der Waals surface area (Å²) in [5.41, 5.74) is 1.17. The number of hydrogen-bond acceptors (Lipinski definition) is 2.